The number of aromatic nitrogens is 1. The molecule has 206 valence electrons. The van der Waals surface area contributed by atoms with Gasteiger partial charge in [-0.1, -0.05) is 117 Å². The van der Waals surface area contributed by atoms with Crippen molar-refractivity contribution in [2.75, 3.05) is 4.90 Å². The summed E-state index contributed by atoms with van der Waals surface area (Å²) >= 11 is 0. The van der Waals surface area contributed by atoms with E-state index >= 15 is 0 Å². The van der Waals surface area contributed by atoms with Crippen molar-refractivity contribution in [1.82, 2.24) is 4.98 Å². The second-order valence-electron chi connectivity index (χ2n) is 10.4. The maximum absolute atomic E-state index is 4.29. The van der Waals surface area contributed by atoms with Gasteiger partial charge in [0.05, 0.1) is 0 Å². The first kappa shape index (κ1) is 26.4. The van der Waals surface area contributed by atoms with Crippen LogP contribution in [0.1, 0.15) is 13.8 Å². The quantitative estimate of drug-likeness (QED) is 0.211. The molecule has 43 heavy (non-hydrogen) atoms. The molecular weight excluding hydrogens is 520 g/mol. The Hall–Kier alpha value is -5.47. The molecule has 2 nitrogen and oxygen atoms in total. The third-order valence-corrected chi connectivity index (χ3v) is 8.10. The van der Waals surface area contributed by atoms with Crippen LogP contribution in [0.2, 0.25) is 0 Å². The zero-order valence-electron chi connectivity index (χ0n) is 24.4. The van der Waals surface area contributed by atoms with Gasteiger partial charge in [-0.3, -0.25) is 4.98 Å². The van der Waals surface area contributed by atoms with E-state index < -0.39 is 0 Å². The third kappa shape index (κ3) is 4.67. The normalized spacial score (nSPS) is 11.0. The minimum Gasteiger partial charge on any atom is -0.310 e. The average molecular weight is 553 g/mol. The largest absolute Gasteiger partial charge is 0.310 e. The van der Waals surface area contributed by atoms with E-state index in [4.69, 9.17) is 0 Å². The minimum absolute atomic E-state index is 1.11. The zero-order valence-corrected chi connectivity index (χ0v) is 24.4. The molecule has 1 aliphatic carbocycles. The zero-order chi connectivity index (χ0) is 29.2. The molecule has 0 fully saturated rings. The Balaban J connectivity index is 0.00000147. The van der Waals surface area contributed by atoms with Gasteiger partial charge in [0.2, 0.25) is 0 Å². The molecule has 8 rings (SSSR count). The molecule has 1 aromatic heterocycles. The highest BCUT2D eigenvalue weighted by molar-refractivity contribution is 6.18. The Morgan fingerprint density at radius 3 is 1.77 bits per heavy atom. The highest BCUT2D eigenvalue weighted by atomic mass is 15.1. The van der Waals surface area contributed by atoms with E-state index in [9.17, 15) is 0 Å². The van der Waals surface area contributed by atoms with Crippen LogP contribution in [0, 0.1) is 0 Å². The Morgan fingerprint density at radius 1 is 0.419 bits per heavy atom. The fraction of sp³-hybridized carbons (Fsp3) is 0.0488. The molecule has 1 heterocycles. The lowest BCUT2D eigenvalue weighted by atomic mass is 9.94. The van der Waals surface area contributed by atoms with Crippen LogP contribution in [0.3, 0.4) is 0 Å². The summed E-state index contributed by atoms with van der Waals surface area (Å²) in [5.74, 6) is 0. The van der Waals surface area contributed by atoms with E-state index in [1.165, 1.54) is 44.2 Å². The first-order valence-electron chi connectivity index (χ1n) is 15.0. The number of anilines is 3. The van der Waals surface area contributed by atoms with Crippen LogP contribution >= 0.6 is 0 Å². The van der Waals surface area contributed by atoms with Gasteiger partial charge in [-0.15, -0.1) is 0 Å². The first-order chi connectivity index (χ1) is 21.3. The summed E-state index contributed by atoms with van der Waals surface area (Å²) in [5.41, 5.74) is 13.4. The Kier molecular flexibility index (Phi) is 7.02. The second-order valence-corrected chi connectivity index (χ2v) is 10.4. The van der Waals surface area contributed by atoms with Crippen LogP contribution in [0.25, 0.3) is 55.3 Å². The smallest absolute Gasteiger partial charge is 0.0467 e. The maximum Gasteiger partial charge on any atom is 0.0467 e. The number of nitrogens with zero attached hydrogens (tertiary/aromatic N) is 2. The summed E-state index contributed by atoms with van der Waals surface area (Å²) in [5, 5.41) is 2.64. The summed E-state index contributed by atoms with van der Waals surface area (Å²) < 4.78 is 0. The predicted molar refractivity (Wildman–Crippen MR) is 183 cm³/mol. The fourth-order valence-corrected chi connectivity index (χ4v) is 6.23. The number of benzene rings is 6. The number of hydrogen-bond donors (Lipinski definition) is 0. The van der Waals surface area contributed by atoms with Gasteiger partial charge in [0.15, 0.2) is 0 Å². The molecule has 7 aromatic rings. The van der Waals surface area contributed by atoms with Gasteiger partial charge in [0.25, 0.3) is 0 Å². The van der Waals surface area contributed by atoms with Gasteiger partial charge in [-0.05, 0) is 97.7 Å². The van der Waals surface area contributed by atoms with Gasteiger partial charge >= 0.3 is 0 Å². The van der Waals surface area contributed by atoms with Crippen molar-refractivity contribution in [3.8, 4) is 44.5 Å². The fourth-order valence-electron chi connectivity index (χ4n) is 6.23. The third-order valence-electron chi connectivity index (χ3n) is 8.10. The predicted octanol–water partition coefficient (Wildman–Crippen LogP) is 11.7. The molecule has 0 saturated carbocycles. The van der Waals surface area contributed by atoms with Gasteiger partial charge < -0.3 is 4.90 Å². The lowest BCUT2D eigenvalue weighted by molar-refractivity contribution is 1.28. The van der Waals surface area contributed by atoms with Crippen LogP contribution in [0.5, 0.6) is 0 Å². The lowest BCUT2D eigenvalue weighted by Crippen LogP contribution is -2.09. The molecule has 0 N–H and O–H groups in total. The summed E-state index contributed by atoms with van der Waals surface area (Å²) in [6.07, 6.45) is 3.72. The SMILES string of the molecule is CC.c1ccc(N(c2ccc(-c3cccnc3)cc2)c2cccc(-c3ccc4c5c(cccc35)-c3ccccc3-4)c2)cc1. The molecular formula is C41H32N2. The minimum atomic E-state index is 1.11. The Bertz CT molecular complexity index is 2000. The molecule has 1 aliphatic rings. The van der Waals surface area contributed by atoms with Crippen molar-refractivity contribution in [1.29, 1.82) is 0 Å². The maximum atomic E-state index is 4.29. The lowest BCUT2D eigenvalue weighted by Gasteiger charge is -2.26. The number of fused-ring (bicyclic) bond motifs is 3. The van der Waals surface area contributed by atoms with Crippen molar-refractivity contribution in [3.63, 3.8) is 0 Å². The number of para-hydroxylation sites is 1. The van der Waals surface area contributed by atoms with Crippen LogP contribution in [-0.4, -0.2) is 4.98 Å². The topological polar surface area (TPSA) is 16.1 Å². The van der Waals surface area contributed by atoms with Crippen molar-refractivity contribution in [2.24, 2.45) is 0 Å². The molecule has 0 aliphatic heterocycles. The van der Waals surface area contributed by atoms with Gasteiger partial charge in [-0.25, -0.2) is 0 Å². The van der Waals surface area contributed by atoms with E-state index in [0.717, 1.165) is 28.2 Å². The van der Waals surface area contributed by atoms with E-state index in [1.54, 1.807) is 0 Å². The van der Waals surface area contributed by atoms with Crippen molar-refractivity contribution in [2.45, 2.75) is 13.8 Å². The number of rotatable bonds is 5. The summed E-state index contributed by atoms with van der Waals surface area (Å²) in [7, 11) is 0. The molecule has 0 amide bonds. The van der Waals surface area contributed by atoms with Gasteiger partial charge in [0, 0.05) is 29.5 Å². The molecule has 0 spiro atoms. The van der Waals surface area contributed by atoms with Crippen molar-refractivity contribution < 1.29 is 0 Å². The van der Waals surface area contributed by atoms with Crippen molar-refractivity contribution >= 4 is 27.8 Å². The van der Waals surface area contributed by atoms with Crippen LogP contribution in [0.4, 0.5) is 17.1 Å². The molecule has 0 unspecified atom stereocenters. The Labute approximate surface area is 253 Å². The monoisotopic (exact) mass is 552 g/mol. The molecule has 0 bridgehead atoms. The van der Waals surface area contributed by atoms with E-state index in [0.29, 0.717) is 0 Å². The van der Waals surface area contributed by atoms with E-state index in [1.807, 2.05) is 32.3 Å². The van der Waals surface area contributed by atoms with Crippen LogP contribution < -0.4 is 4.90 Å². The van der Waals surface area contributed by atoms with Crippen LogP contribution in [-0.2, 0) is 0 Å². The molecule has 0 saturated heterocycles. The standard InChI is InChI=1S/C39H26N2.C2H6/c1-2-11-30(12-3-1)41(31-20-18-27(19-21-31)29-10-8-24-40-26-29)32-13-6-9-28(25-32)33-22-23-38-35-15-5-4-14-34(35)37-17-7-16-36(33)39(37)38;1-2/h1-26H;1-2H3. The van der Waals surface area contributed by atoms with E-state index in [-0.39, 0.29) is 0 Å². The van der Waals surface area contributed by atoms with E-state index in [2.05, 4.69) is 149 Å². The average Bonchev–Trinajstić information content (AvgIpc) is 3.42. The molecule has 2 heteroatoms. The highest BCUT2D eigenvalue weighted by Crippen LogP contribution is 2.49. The first-order valence-corrected chi connectivity index (χ1v) is 15.0. The summed E-state index contributed by atoms with van der Waals surface area (Å²) in [4.78, 5) is 6.62. The van der Waals surface area contributed by atoms with Gasteiger partial charge in [-0.2, -0.15) is 0 Å². The highest BCUT2D eigenvalue weighted by Gasteiger charge is 2.22. The van der Waals surface area contributed by atoms with Crippen LogP contribution in [0.15, 0.2) is 158 Å². The molecule has 6 aromatic carbocycles. The second kappa shape index (κ2) is 11.4. The summed E-state index contributed by atoms with van der Waals surface area (Å²) in [6.45, 7) is 4.00. The van der Waals surface area contributed by atoms with Gasteiger partial charge in [0.1, 0.15) is 0 Å². The Morgan fingerprint density at radius 2 is 1.02 bits per heavy atom. The number of hydrogen-bond acceptors (Lipinski definition) is 2. The molecule has 0 atom stereocenters. The molecule has 0 radical (unpaired) electrons. The van der Waals surface area contributed by atoms with Crippen molar-refractivity contribution in [3.05, 3.63) is 158 Å². The summed E-state index contributed by atoms with van der Waals surface area (Å²) in [6, 6.07) is 52.3. The number of pyridine rings is 1.